The minimum Gasteiger partial charge on any atom is -0.497 e. The lowest BCUT2D eigenvalue weighted by molar-refractivity contribution is 0.391. The molecule has 108 valence electrons. The molecular formula is C15H21N3O2. The third-order valence-corrected chi connectivity index (χ3v) is 3.35. The second-order valence-corrected chi connectivity index (χ2v) is 4.63. The zero-order valence-corrected chi connectivity index (χ0v) is 12.2. The van der Waals surface area contributed by atoms with Gasteiger partial charge in [0.2, 0.25) is 0 Å². The van der Waals surface area contributed by atoms with Crippen LogP contribution in [-0.2, 0) is 6.54 Å². The van der Waals surface area contributed by atoms with Gasteiger partial charge in [-0.1, -0.05) is 6.92 Å². The number of nitrogens with zero attached hydrogens (tertiary/aromatic N) is 2. The topological polar surface area (TPSA) is 55.2 Å². The van der Waals surface area contributed by atoms with Gasteiger partial charge in [0.05, 0.1) is 33.1 Å². The van der Waals surface area contributed by atoms with Crippen molar-refractivity contribution >= 4 is 12.2 Å². The van der Waals surface area contributed by atoms with Crippen molar-refractivity contribution in [3.63, 3.8) is 0 Å². The number of hydrogen-bond acceptors (Lipinski definition) is 4. The Hall–Kier alpha value is -2.04. The summed E-state index contributed by atoms with van der Waals surface area (Å²) in [5.41, 5.74) is 1.04. The number of methoxy groups -OCH3 is 2. The van der Waals surface area contributed by atoms with Gasteiger partial charge in [-0.2, -0.15) is 0 Å². The molecule has 1 atom stereocenters. The van der Waals surface area contributed by atoms with Crippen LogP contribution >= 0.6 is 0 Å². The summed E-state index contributed by atoms with van der Waals surface area (Å²) in [4.78, 5) is 8.96. The summed E-state index contributed by atoms with van der Waals surface area (Å²) >= 11 is 0. The first-order chi connectivity index (χ1) is 9.76. The molecule has 20 heavy (non-hydrogen) atoms. The van der Waals surface area contributed by atoms with E-state index in [1.165, 1.54) is 0 Å². The zero-order valence-electron chi connectivity index (χ0n) is 12.2. The van der Waals surface area contributed by atoms with Gasteiger partial charge in [-0.05, 0) is 18.6 Å². The van der Waals surface area contributed by atoms with Crippen LogP contribution in [0.5, 0.6) is 11.5 Å². The van der Waals surface area contributed by atoms with Crippen LogP contribution in [0.25, 0.3) is 0 Å². The molecule has 1 aromatic carbocycles. The van der Waals surface area contributed by atoms with Crippen molar-refractivity contribution in [3.8, 4) is 11.5 Å². The average Bonchev–Trinajstić information content (AvgIpc) is 2.52. The van der Waals surface area contributed by atoms with E-state index in [4.69, 9.17) is 9.47 Å². The Morgan fingerprint density at radius 3 is 2.90 bits per heavy atom. The van der Waals surface area contributed by atoms with Crippen molar-refractivity contribution < 1.29 is 9.47 Å². The summed E-state index contributed by atoms with van der Waals surface area (Å²) in [5, 5.41) is 3.11. The predicted octanol–water partition coefficient (Wildman–Crippen LogP) is 2.40. The zero-order chi connectivity index (χ0) is 14.4. The quantitative estimate of drug-likeness (QED) is 0.897. The summed E-state index contributed by atoms with van der Waals surface area (Å²) in [7, 11) is 3.30. The predicted molar refractivity (Wildman–Crippen MR) is 81.0 cm³/mol. The third kappa shape index (κ3) is 3.50. The molecular weight excluding hydrogens is 254 g/mol. The second-order valence-electron chi connectivity index (χ2n) is 4.63. The molecule has 1 aliphatic rings. The molecule has 1 aromatic rings. The van der Waals surface area contributed by atoms with E-state index in [0.29, 0.717) is 12.6 Å². The van der Waals surface area contributed by atoms with Gasteiger partial charge in [-0.3, -0.25) is 9.98 Å². The van der Waals surface area contributed by atoms with E-state index in [0.717, 1.165) is 35.7 Å². The highest BCUT2D eigenvalue weighted by Crippen LogP contribution is 2.25. The standard InChI is InChI=1S/C15H21N3O2/c1-4-12-7-15(18-10-17-12)16-9-11-5-6-13(19-2)8-14(11)20-3/h5-6,8,10,12H,4,7,9H2,1-3H3,(H,16,17,18). The molecule has 0 aromatic heterocycles. The van der Waals surface area contributed by atoms with Crippen LogP contribution in [0, 0.1) is 0 Å². The fourth-order valence-electron chi connectivity index (χ4n) is 2.08. The molecule has 5 heteroatoms. The summed E-state index contributed by atoms with van der Waals surface area (Å²) < 4.78 is 10.6. The van der Waals surface area contributed by atoms with Gasteiger partial charge in [0.1, 0.15) is 17.3 Å². The van der Waals surface area contributed by atoms with Gasteiger partial charge in [-0.15, -0.1) is 0 Å². The molecule has 0 fully saturated rings. The fraction of sp³-hybridized carbons (Fsp3) is 0.467. The Morgan fingerprint density at radius 1 is 1.35 bits per heavy atom. The molecule has 5 nitrogen and oxygen atoms in total. The van der Waals surface area contributed by atoms with E-state index in [1.54, 1.807) is 20.6 Å². The molecule has 1 heterocycles. The Balaban J connectivity index is 2.08. The number of benzene rings is 1. The van der Waals surface area contributed by atoms with Crippen LogP contribution in [0.15, 0.2) is 28.2 Å². The molecule has 0 amide bonds. The summed E-state index contributed by atoms with van der Waals surface area (Å²) in [6.07, 6.45) is 3.64. The van der Waals surface area contributed by atoms with Gasteiger partial charge in [0, 0.05) is 18.1 Å². The minimum absolute atomic E-state index is 0.341. The maximum Gasteiger partial charge on any atom is 0.127 e. The largest absolute Gasteiger partial charge is 0.497 e. The van der Waals surface area contributed by atoms with Crippen molar-refractivity contribution in [3.05, 3.63) is 23.8 Å². The maximum atomic E-state index is 5.37. The molecule has 0 spiro atoms. The Bertz CT molecular complexity index is 512. The van der Waals surface area contributed by atoms with Crippen molar-refractivity contribution in [2.75, 3.05) is 14.2 Å². The lowest BCUT2D eigenvalue weighted by Crippen LogP contribution is -2.31. The van der Waals surface area contributed by atoms with Gasteiger partial charge >= 0.3 is 0 Å². The van der Waals surface area contributed by atoms with Crippen molar-refractivity contribution in [1.29, 1.82) is 0 Å². The lowest BCUT2D eigenvalue weighted by atomic mass is 10.1. The molecule has 0 aliphatic carbocycles. The van der Waals surface area contributed by atoms with Gasteiger partial charge < -0.3 is 14.8 Å². The number of hydrogen-bond donors (Lipinski definition) is 1. The summed E-state index contributed by atoms with van der Waals surface area (Å²) in [6.45, 7) is 2.72. The second kappa shape index (κ2) is 6.93. The van der Waals surface area contributed by atoms with Gasteiger partial charge in [0.25, 0.3) is 0 Å². The first kappa shape index (κ1) is 14.4. The Kier molecular flexibility index (Phi) is 4.98. The minimum atomic E-state index is 0.341. The van der Waals surface area contributed by atoms with Crippen LogP contribution < -0.4 is 14.8 Å². The van der Waals surface area contributed by atoms with Crippen LogP contribution in [0.1, 0.15) is 25.3 Å². The molecule has 1 N–H and O–H groups in total. The number of nitrogens with one attached hydrogen (secondary N) is 1. The van der Waals surface area contributed by atoms with Crippen LogP contribution in [0.2, 0.25) is 0 Å². The number of aliphatic imine (C=N–C) groups is 2. The van der Waals surface area contributed by atoms with Crippen LogP contribution in [-0.4, -0.2) is 32.4 Å². The first-order valence-corrected chi connectivity index (χ1v) is 6.79. The third-order valence-electron chi connectivity index (χ3n) is 3.35. The molecule has 2 rings (SSSR count). The van der Waals surface area contributed by atoms with Crippen molar-refractivity contribution in [1.82, 2.24) is 5.32 Å². The van der Waals surface area contributed by atoms with Crippen LogP contribution in [0.3, 0.4) is 0 Å². The molecule has 1 unspecified atom stereocenters. The van der Waals surface area contributed by atoms with Crippen molar-refractivity contribution in [2.24, 2.45) is 9.98 Å². The Labute approximate surface area is 119 Å². The molecule has 0 saturated carbocycles. The monoisotopic (exact) mass is 275 g/mol. The highest BCUT2D eigenvalue weighted by molar-refractivity contribution is 5.93. The lowest BCUT2D eigenvalue weighted by Gasteiger charge is -2.17. The van der Waals surface area contributed by atoms with E-state index in [2.05, 4.69) is 22.2 Å². The average molecular weight is 275 g/mol. The maximum absolute atomic E-state index is 5.37. The molecule has 0 saturated heterocycles. The highest BCUT2D eigenvalue weighted by Gasteiger charge is 2.12. The van der Waals surface area contributed by atoms with Gasteiger partial charge in [0.15, 0.2) is 0 Å². The van der Waals surface area contributed by atoms with Crippen LogP contribution in [0.4, 0.5) is 0 Å². The number of rotatable bonds is 5. The first-order valence-electron chi connectivity index (χ1n) is 6.79. The number of amidine groups is 1. The normalized spacial score (nSPS) is 19.8. The fourth-order valence-corrected chi connectivity index (χ4v) is 2.08. The van der Waals surface area contributed by atoms with E-state index in [1.807, 2.05) is 18.2 Å². The molecule has 0 bridgehead atoms. The van der Waals surface area contributed by atoms with E-state index in [9.17, 15) is 0 Å². The summed E-state index contributed by atoms with van der Waals surface area (Å²) in [5.74, 6) is 2.56. The summed E-state index contributed by atoms with van der Waals surface area (Å²) in [6, 6.07) is 6.12. The molecule has 1 aliphatic heterocycles. The van der Waals surface area contributed by atoms with Gasteiger partial charge in [-0.25, -0.2) is 0 Å². The smallest absolute Gasteiger partial charge is 0.127 e. The Morgan fingerprint density at radius 2 is 2.20 bits per heavy atom. The molecule has 0 radical (unpaired) electrons. The van der Waals surface area contributed by atoms with E-state index >= 15 is 0 Å². The van der Waals surface area contributed by atoms with E-state index < -0.39 is 0 Å². The van der Waals surface area contributed by atoms with Crippen molar-refractivity contribution in [2.45, 2.75) is 32.4 Å². The van der Waals surface area contributed by atoms with E-state index in [-0.39, 0.29) is 0 Å². The number of ether oxygens (including phenoxy) is 2. The highest BCUT2D eigenvalue weighted by atomic mass is 16.5. The SMILES string of the molecule is CCC1CC(=NCc2ccc(OC)cc2OC)NC=N1.